The number of hydrogen-bond acceptors (Lipinski definition) is 4. The Balaban J connectivity index is 1.67. The molecule has 0 atom stereocenters. The first-order valence-electron chi connectivity index (χ1n) is 10.8. The SMILES string of the molecule is C=CCc1ccc(OCCn2c(CCCNC(=O)C(=C)C)nc3ccccc32)c(OC)c1. The Kier molecular flexibility index (Phi) is 8.08. The van der Waals surface area contributed by atoms with Crippen LogP contribution in [0.3, 0.4) is 0 Å². The van der Waals surface area contributed by atoms with Gasteiger partial charge < -0.3 is 19.4 Å². The monoisotopic (exact) mass is 433 g/mol. The third-order valence-corrected chi connectivity index (χ3v) is 5.16. The molecular formula is C26H31N3O3. The van der Waals surface area contributed by atoms with Crippen molar-refractivity contribution >= 4 is 16.9 Å². The normalized spacial score (nSPS) is 10.7. The maximum absolute atomic E-state index is 11.7. The molecule has 0 radical (unpaired) electrons. The van der Waals surface area contributed by atoms with Crippen LogP contribution in [0.1, 0.15) is 24.7 Å². The summed E-state index contributed by atoms with van der Waals surface area (Å²) in [5.41, 5.74) is 3.68. The van der Waals surface area contributed by atoms with E-state index in [9.17, 15) is 4.79 Å². The van der Waals surface area contributed by atoms with Crippen LogP contribution in [0.2, 0.25) is 0 Å². The maximum Gasteiger partial charge on any atom is 0.246 e. The molecule has 1 heterocycles. The van der Waals surface area contributed by atoms with Crippen LogP contribution in [-0.4, -0.2) is 35.7 Å². The summed E-state index contributed by atoms with van der Waals surface area (Å²) in [6.45, 7) is 10.9. The minimum atomic E-state index is -0.111. The van der Waals surface area contributed by atoms with Gasteiger partial charge in [-0.1, -0.05) is 30.9 Å². The minimum absolute atomic E-state index is 0.111. The molecule has 0 aliphatic carbocycles. The van der Waals surface area contributed by atoms with E-state index in [1.54, 1.807) is 14.0 Å². The van der Waals surface area contributed by atoms with Crippen molar-refractivity contribution in [2.75, 3.05) is 20.3 Å². The molecule has 0 spiro atoms. The number of methoxy groups -OCH3 is 1. The molecule has 32 heavy (non-hydrogen) atoms. The molecule has 0 aliphatic rings. The number of aryl methyl sites for hydroxylation is 1. The van der Waals surface area contributed by atoms with Crippen LogP contribution in [0, 0.1) is 0 Å². The van der Waals surface area contributed by atoms with Gasteiger partial charge in [0.05, 0.1) is 24.7 Å². The number of fused-ring (bicyclic) bond motifs is 1. The molecule has 1 aromatic heterocycles. The van der Waals surface area contributed by atoms with E-state index in [2.05, 4.69) is 29.1 Å². The number of nitrogens with one attached hydrogen (secondary N) is 1. The molecule has 1 amide bonds. The molecule has 0 bridgehead atoms. The summed E-state index contributed by atoms with van der Waals surface area (Å²) in [4.78, 5) is 16.5. The molecule has 3 rings (SSSR count). The number of nitrogens with zero attached hydrogens (tertiary/aromatic N) is 2. The Labute approximate surface area is 189 Å². The van der Waals surface area contributed by atoms with Crippen LogP contribution < -0.4 is 14.8 Å². The number of para-hydroxylation sites is 2. The lowest BCUT2D eigenvalue weighted by atomic mass is 10.1. The second-order valence-corrected chi connectivity index (χ2v) is 7.63. The van der Waals surface area contributed by atoms with Gasteiger partial charge in [0, 0.05) is 18.5 Å². The summed E-state index contributed by atoms with van der Waals surface area (Å²) < 4.78 is 13.7. The first kappa shape index (κ1) is 23.1. The maximum atomic E-state index is 11.7. The van der Waals surface area contributed by atoms with Crippen molar-refractivity contribution in [3.05, 3.63) is 78.7 Å². The summed E-state index contributed by atoms with van der Waals surface area (Å²) in [6, 6.07) is 14.0. The van der Waals surface area contributed by atoms with Crippen LogP contribution >= 0.6 is 0 Å². The van der Waals surface area contributed by atoms with E-state index in [0.29, 0.717) is 36.8 Å². The quantitative estimate of drug-likeness (QED) is 0.260. The van der Waals surface area contributed by atoms with Crippen molar-refractivity contribution in [3.8, 4) is 11.5 Å². The summed E-state index contributed by atoms with van der Waals surface area (Å²) in [6.07, 6.45) is 4.20. The molecule has 6 heteroatoms. The first-order valence-corrected chi connectivity index (χ1v) is 10.8. The number of aromatic nitrogens is 2. The zero-order chi connectivity index (χ0) is 22.9. The Morgan fingerprint density at radius 2 is 2.03 bits per heavy atom. The molecule has 168 valence electrons. The molecular weight excluding hydrogens is 402 g/mol. The highest BCUT2D eigenvalue weighted by Crippen LogP contribution is 2.28. The fourth-order valence-corrected chi connectivity index (χ4v) is 3.54. The van der Waals surface area contributed by atoms with Crippen molar-refractivity contribution in [2.45, 2.75) is 32.7 Å². The van der Waals surface area contributed by atoms with E-state index in [0.717, 1.165) is 41.7 Å². The predicted molar refractivity (Wildman–Crippen MR) is 128 cm³/mol. The lowest BCUT2D eigenvalue weighted by Crippen LogP contribution is -2.25. The van der Waals surface area contributed by atoms with Crippen LogP contribution in [-0.2, 0) is 24.2 Å². The molecule has 6 nitrogen and oxygen atoms in total. The van der Waals surface area contributed by atoms with Gasteiger partial charge in [0.2, 0.25) is 5.91 Å². The standard InChI is InChI=1S/C26H31N3O3/c1-5-9-20-13-14-23(24(18-20)31-4)32-17-16-29-22-11-7-6-10-21(22)28-25(29)12-8-15-27-26(30)19(2)3/h5-7,10-11,13-14,18H,1-2,8-9,12,15-17H2,3-4H3,(H,27,30). The number of benzene rings is 2. The molecule has 3 aromatic rings. The van der Waals surface area contributed by atoms with Gasteiger partial charge in [0.1, 0.15) is 12.4 Å². The molecule has 1 N–H and O–H groups in total. The van der Waals surface area contributed by atoms with Crippen molar-refractivity contribution in [1.29, 1.82) is 0 Å². The highest BCUT2D eigenvalue weighted by atomic mass is 16.5. The van der Waals surface area contributed by atoms with Crippen LogP contribution in [0.25, 0.3) is 11.0 Å². The number of imidazole rings is 1. The van der Waals surface area contributed by atoms with Crippen molar-refractivity contribution in [1.82, 2.24) is 14.9 Å². The van der Waals surface area contributed by atoms with Crippen molar-refractivity contribution in [3.63, 3.8) is 0 Å². The summed E-state index contributed by atoms with van der Waals surface area (Å²) >= 11 is 0. The zero-order valence-corrected chi connectivity index (χ0v) is 18.9. The molecule has 0 saturated heterocycles. The Morgan fingerprint density at radius 3 is 2.78 bits per heavy atom. The van der Waals surface area contributed by atoms with E-state index in [1.165, 1.54) is 0 Å². The lowest BCUT2D eigenvalue weighted by molar-refractivity contribution is -0.117. The van der Waals surface area contributed by atoms with Crippen LogP contribution in [0.15, 0.2) is 67.3 Å². The Bertz CT molecular complexity index is 1100. The van der Waals surface area contributed by atoms with Gasteiger partial charge in [-0.05, 0) is 49.6 Å². The first-order chi connectivity index (χ1) is 15.5. The van der Waals surface area contributed by atoms with Crippen LogP contribution in [0.5, 0.6) is 11.5 Å². The zero-order valence-electron chi connectivity index (χ0n) is 18.9. The number of carbonyl (C=O) groups is 1. The topological polar surface area (TPSA) is 65.4 Å². The van der Waals surface area contributed by atoms with E-state index in [-0.39, 0.29) is 5.91 Å². The van der Waals surface area contributed by atoms with Gasteiger partial charge in [-0.2, -0.15) is 0 Å². The van der Waals surface area contributed by atoms with Gasteiger partial charge in [0.25, 0.3) is 0 Å². The summed E-state index contributed by atoms with van der Waals surface area (Å²) in [7, 11) is 1.65. The average molecular weight is 434 g/mol. The fourth-order valence-electron chi connectivity index (χ4n) is 3.54. The molecule has 0 saturated carbocycles. The van der Waals surface area contributed by atoms with Gasteiger partial charge in [-0.3, -0.25) is 4.79 Å². The second-order valence-electron chi connectivity index (χ2n) is 7.63. The third kappa shape index (κ3) is 5.78. The van der Waals surface area contributed by atoms with Crippen molar-refractivity contribution in [2.24, 2.45) is 0 Å². The van der Waals surface area contributed by atoms with Gasteiger partial charge in [-0.25, -0.2) is 4.98 Å². The second kappa shape index (κ2) is 11.2. The molecule has 0 aliphatic heterocycles. The van der Waals surface area contributed by atoms with Crippen molar-refractivity contribution < 1.29 is 14.3 Å². The van der Waals surface area contributed by atoms with Crippen LogP contribution in [0.4, 0.5) is 0 Å². The minimum Gasteiger partial charge on any atom is -0.493 e. The highest BCUT2D eigenvalue weighted by Gasteiger charge is 2.12. The van der Waals surface area contributed by atoms with Gasteiger partial charge in [0.15, 0.2) is 11.5 Å². The number of rotatable bonds is 12. The van der Waals surface area contributed by atoms with Gasteiger partial charge >= 0.3 is 0 Å². The molecule has 0 fully saturated rings. The Hall–Kier alpha value is -3.54. The number of ether oxygens (including phenoxy) is 2. The predicted octanol–water partition coefficient (Wildman–Crippen LogP) is 4.48. The average Bonchev–Trinajstić information content (AvgIpc) is 3.14. The molecule has 0 unspecified atom stereocenters. The smallest absolute Gasteiger partial charge is 0.246 e. The summed E-state index contributed by atoms with van der Waals surface area (Å²) in [5, 5.41) is 2.88. The van der Waals surface area contributed by atoms with Gasteiger partial charge in [-0.15, -0.1) is 6.58 Å². The number of allylic oxidation sites excluding steroid dienone is 1. The number of carbonyl (C=O) groups excluding carboxylic acids is 1. The van der Waals surface area contributed by atoms with E-state index in [4.69, 9.17) is 14.5 Å². The van der Waals surface area contributed by atoms with E-state index in [1.807, 2.05) is 42.5 Å². The number of amides is 1. The number of hydrogen-bond donors (Lipinski definition) is 1. The lowest BCUT2D eigenvalue weighted by Gasteiger charge is -2.14. The van der Waals surface area contributed by atoms with E-state index >= 15 is 0 Å². The van der Waals surface area contributed by atoms with E-state index < -0.39 is 0 Å². The largest absolute Gasteiger partial charge is 0.493 e. The third-order valence-electron chi connectivity index (χ3n) is 5.16. The molecule has 2 aromatic carbocycles. The summed E-state index contributed by atoms with van der Waals surface area (Å²) in [5.74, 6) is 2.30. The highest BCUT2D eigenvalue weighted by molar-refractivity contribution is 5.92. The Morgan fingerprint density at radius 1 is 1.22 bits per heavy atom. The fraction of sp³-hybridized carbons (Fsp3) is 0.308.